The second-order valence-electron chi connectivity index (χ2n) is 3.08. The van der Waals surface area contributed by atoms with Crippen molar-refractivity contribution < 1.29 is 9.59 Å². The van der Waals surface area contributed by atoms with Crippen LogP contribution in [0.2, 0.25) is 0 Å². The summed E-state index contributed by atoms with van der Waals surface area (Å²) >= 11 is 0. The molecule has 1 aliphatic rings. The van der Waals surface area contributed by atoms with Gasteiger partial charge in [0, 0.05) is 26.2 Å². The van der Waals surface area contributed by atoms with Crippen LogP contribution in [0.1, 0.15) is 6.92 Å². The molecule has 1 rings (SSSR count). The predicted molar refractivity (Wildman–Crippen MR) is 48.1 cm³/mol. The molecule has 1 unspecified atom stereocenters. The van der Waals surface area contributed by atoms with Gasteiger partial charge in [-0.25, -0.2) is 0 Å². The Hall–Kier alpha value is -1.10. The molecule has 2 N–H and O–H groups in total. The molecule has 0 aromatic rings. The number of hydrogen-bond acceptors (Lipinski definition) is 3. The summed E-state index contributed by atoms with van der Waals surface area (Å²) in [4.78, 5) is 23.4. The number of rotatable bonds is 3. The third-order valence-electron chi connectivity index (χ3n) is 2.12. The Balaban J connectivity index is 2.40. The maximum absolute atomic E-state index is 11.6. The average Bonchev–Trinajstić information content (AvgIpc) is 2.18. The summed E-state index contributed by atoms with van der Waals surface area (Å²) in [6.45, 7) is 4.81. The number of hydrogen-bond donors (Lipinski definition) is 2. The molecule has 1 atom stereocenters. The van der Waals surface area contributed by atoms with Crippen molar-refractivity contribution in [3.63, 3.8) is 0 Å². The summed E-state index contributed by atoms with van der Waals surface area (Å²) in [5.41, 5.74) is 0. The van der Waals surface area contributed by atoms with Crippen molar-refractivity contribution >= 4 is 12.3 Å². The molecular weight excluding hydrogens is 170 g/mol. The first-order valence-electron chi connectivity index (χ1n) is 4.45. The van der Waals surface area contributed by atoms with Crippen LogP contribution in [-0.2, 0) is 9.59 Å². The Morgan fingerprint density at radius 2 is 2.15 bits per heavy atom. The monoisotopic (exact) mass is 185 g/mol. The van der Waals surface area contributed by atoms with Crippen LogP contribution in [0.5, 0.6) is 0 Å². The van der Waals surface area contributed by atoms with Crippen LogP contribution >= 0.6 is 0 Å². The van der Waals surface area contributed by atoms with E-state index < -0.39 is 6.04 Å². The van der Waals surface area contributed by atoms with Crippen LogP contribution in [0.25, 0.3) is 0 Å². The molecule has 0 bridgehead atoms. The van der Waals surface area contributed by atoms with Crippen molar-refractivity contribution in [1.29, 1.82) is 0 Å². The fourth-order valence-corrected chi connectivity index (χ4v) is 1.33. The van der Waals surface area contributed by atoms with Crippen molar-refractivity contribution in [3.05, 3.63) is 0 Å². The third-order valence-corrected chi connectivity index (χ3v) is 2.12. The van der Waals surface area contributed by atoms with Gasteiger partial charge in [0.05, 0.1) is 0 Å². The summed E-state index contributed by atoms with van der Waals surface area (Å²) in [5.74, 6) is -0.00593. The molecule has 1 aliphatic heterocycles. The van der Waals surface area contributed by atoms with Gasteiger partial charge >= 0.3 is 0 Å². The molecule has 1 saturated heterocycles. The van der Waals surface area contributed by atoms with E-state index in [-0.39, 0.29) is 5.91 Å². The zero-order chi connectivity index (χ0) is 9.68. The summed E-state index contributed by atoms with van der Waals surface area (Å²) in [6, 6.07) is -0.407. The zero-order valence-corrected chi connectivity index (χ0v) is 7.75. The molecule has 0 spiro atoms. The van der Waals surface area contributed by atoms with E-state index in [9.17, 15) is 9.59 Å². The molecule has 0 aliphatic carbocycles. The smallest absolute Gasteiger partial charge is 0.244 e. The zero-order valence-electron chi connectivity index (χ0n) is 7.75. The minimum absolute atomic E-state index is 0.00593. The van der Waals surface area contributed by atoms with E-state index in [4.69, 9.17) is 0 Å². The van der Waals surface area contributed by atoms with Crippen LogP contribution in [0.15, 0.2) is 0 Å². The van der Waals surface area contributed by atoms with Crippen LogP contribution in [0.4, 0.5) is 0 Å². The summed E-state index contributed by atoms with van der Waals surface area (Å²) in [5, 5.41) is 5.61. The van der Waals surface area contributed by atoms with Crippen LogP contribution in [0, 0.1) is 0 Å². The quantitative estimate of drug-likeness (QED) is 0.529. The molecule has 13 heavy (non-hydrogen) atoms. The van der Waals surface area contributed by atoms with E-state index >= 15 is 0 Å². The van der Waals surface area contributed by atoms with Crippen molar-refractivity contribution in [2.45, 2.75) is 13.0 Å². The van der Waals surface area contributed by atoms with Gasteiger partial charge in [-0.1, -0.05) is 0 Å². The van der Waals surface area contributed by atoms with Gasteiger partial charge in [-0.2, -0.15) is 0 Å². The van der Waals surface area contributed by atoms with Crippen molar-refractivity contribution in [2.24, 2.45) is 0 Å². The van der Waals surface area contributed by atoms with Crippen LogP contribution < -0.4 is 10.6 Å². The molecule has 0 saturated carbocycles. The molecule has 5 nitrogen and oxygen atoms in total. The van der Waals surface area contributed by atoms with Gasteiger partial charge in [0.1, 0.15) is 6.04 Å². The fraction of sp³-hybridized carbons (Fsp3) is 0.750. The van der Waals surface area contributed by atoms with Gasteiger partial charge in [0.25, 0.3) is 0 Å². The van der Waals surface area contributed by atoms with Crippen molar-refractivity contribution in [1.82, 2.24) is 15.5 Å². The fourth-order valence-electron chi connectivity index (χ4n) is 1.33. The molecule has 1 heterocycles. The molecule has 1 fully saturated rings. The number of carbonyl (C=O) groups is 2. The van der Waals surface area contributed by atoms with Gasteiger partial charge in [-0.05, 0) is 6.92 Å². The summed E-state index contributed by atoms with van der Waals surface area (Å²) in [7, 11) is 0. The first-order chi connectivity index (χ1) is 6.25. The maximum Gasteiger partial charge on any atom is 0.244 e. The molecule has 5 heteroatoms. The molecule has 0 radical (unpaired) electrons. The van der Waals surface area contributed by atoms with Crippen LogP contribution in [0.3, 0.4) is 0 Å². The van der Waals surface area contributed by atoms with Gasteiger partial charge in [0.2, 0.25) is 12.3 Å². The molecular formula is C8H15N3O2. The Morgan fingerprint density at radius 1 is 1.54 bits per heavy atom. The van der Waals surface area contributed by atoms with E-state index in [0.717, 1.165) is 26.2 Å². The molecule has 0 aromatic heterocycles. The van der Waals surface area contributed by atoms with E-state index in [2.05, 4.69) is 10.6 Å². The number of amides is 2. The highest BCUT2D eigenvalue weighted by molar-refractivity contribution is 5.83. The Bertz CT molecular complexity index is 190. The van der Waals surface area contributed by atoms with Crippen molar-refractivity contribution in [3.8, 4) is 0 Å². The minimum atomic E-state index is -0.407. The van der Waals surface area contributed by atoms with Crippen molar-refractivity contribution in [2.75, 3.05) is 26.2 Å². The maximum atomic E-state index is 11.6. The van der Waals surface area contributed by atoms with Gasteiger partial charge in [0.15, 0.2) is 0 Å². The predicted octanol–water partition coefficient (Wildman–Crippen LogP) is -1.45. The third kappa shape index (κ3) is 2.69. The lowest BCUT2D eigenvalue weighted by molar-refractivity contribution is -0.134. The Kier molecular flexibility index (Phi) is 3.70. The van der Waals surface area contributed by atoms with Gasteiger partial charge in [-0.3, -0.25) is 9.59 Å². The lowest BCUT2D eigenvalue weighted by Crippen LogP contribution is -2.52. The highest BCUT2D eigenvalue weighted by atomic mass is 16.2. The SMILES string of the molecule is CC(NC=O)C(=O)N1CCNCC1. The number of nitrogens with zero attached hydrogens (tertiary/aromatic N) is 1. The number of nitrogens with one attached hydrogen (secondary N) is 2. The highest BCUT2D eigenvalue weighted by Gasteiger charge is 2.20. The first kappa shape index (κ1) is 9.98. The van der Waals surface area contributed by atoms with Gasteiger partial charge in [-0.15, -0.1) is 0 Å². The molecule has 2 amide bonds. The number of carbonyl (C=O) groups excluding carboxylic acids is 2. The Labute approximate surface area is 77.5 Å². The standard InChI is InChI=1S/C8H15N3O2/c1-7(10-6-12)8(13)11-4-2-9-3-5-11/h6-7,9H,2-5H2,1H3,(H,10,12). The second kappa shape index (κ2) is 4.81. The van der Waals surface area contributed by atoms with E-state index in [0.29, 0.717) is 6.41 Å². The summed E-state index contributed by atoms with van der Waals surface area (Å²) in [6.07, 6.45) is 0.560. The van der Waals surface area contributed by atoms with E-state index in [1.807, 2.05) is 0 Å². The second-order valence-corrected chi connectivity index (χ2v) is 3.08. The highest BCUT2D eigenvalue weighted by Crippen LogP contribution is 1.96. The van der Waals surface area contributed by atoms with E-state index in [1.165, 1.54) is 0 Å². The lowest BCUT2D eigenvalue weighted by Gasteiger charge is -2.29. The summed E-state index contributed by atoms with van der Waals surface area (Å²) < 4.78 is 0. The Morgan fingerprint density at radius 3 is 2.69 bits per heavy atom. The van der Waals surface area contributed by atoms with Gasteiger partial charge < -0.3 is 15.5 Å². The minimum Gasteiger partial charge on any atom is -0.347 e. The van der Waals surface area contributed by atoms with Crippen LogP contribution in [-0.4, -0.2) is 49.4 Å². The average molecular weight is 185 g/mol. The number of piperazine rings is 1. The normalized spacial score (nSPS) is 19.3. The molecule has 74 valence electrons. The van der Waals surface area contributed by atoms with E-state index in [1.54, 1.807) is 11.8 Å². The topological polar surface area (TPSA) is 61.4 Å². The largest absolute Gasteiger partial charge is 0.347 e. The first-order valence-corrected chi connectivity index (χ1v) is 4.45. The molecule has 0 aromatic carbocycles. The lowest BCUT2D eigenvalue weighted by atomic mass is 10.2.